The fourth-order valence-electron chi connectivity index (χ4n) is 2.89. The first-order chi connectivity index (χ1) is 10.3. The van der Waals surface area contributed by atoms with Crippen molar-refractivity contribution in [1.82, 2.24) is 5.32 Å². The third-order valence-electron chi connectivity index (χ3n) is 4.08. The van der Waals surface area contributed by atoms with Crippen molar-refractivity contribution in [2.75, 3.05) is 31.6 Å². The molecule has 5 nitrogen and oxygen atoms in total. The monoisotopic (exact) mass is 290 g/mol. The number of nitrogens with one attached hydrogen (secondary N) is 2. The van der Waals surface area contributed by atoms with Gasteiger partial charge in [0, 0.05) is 6.42 Å². The smallest absolute Gasteiger partial charge is 0.224 e. The SMILES string of the molecule is O=C(CCC1CCNCC1)Nc1cccc2c1OCCO2. The van der Waals surface area contributed by atoms with E-state index in [9.17, 15) is 4.79 Å². The molecule has 1 amide bonds. The van der Waals surface area contributed by atoms with Crippen LogP contribution < -0.4 is 20.1 Å². The standard InChI is InChI=1S/C16H22N2O3/c19-15(5-4-12-6-8-17-9-7-12)18-13-2-1-3-14-16(13)21-11-10-20-14/h1-3,12,17H,4-11H2,(H,18,19). The molecule has 5 heteroatoms. The van der Waals surface area contributed by atoms with Crippen molar-refractivity contribution in [2.24, 2.45) is 5.92 Å². The van der Waals surface area contributed by atoms with Crippen molar-refractivity contribution in [3.05, 3.63) is 18.2 Å². The minimum absolute atomic E-state index is 0.0520. The summed E-state index contributed by atoms with van der Waals surface area (Å²) in [5.41, 5.74) is 0.711. The Morgan fingerprint density at radius 2 is 2.05 bits per heavy atom. The topological polar surface area (TPSA) is 59.6 Å². The molecule has 1 fully saturated rings. The van der Waals surface area contributed by atoms with Gasteiger partial charge in [-0.2, -0.15) is 0 Å². The molecule has 0 saturated carbocycles. The van der Waals surface area contributed by atoms with Gasteiger partial charge in [0.25, 0.3) is 0 Å². The Morgan fingerprint density at radius 1 is 1.24 bits per heavy atom. The quantitative estimate of drug-likeness (QED) is 0.892. The Morgan fingerprint density at radius 3 is 2.90 bits per heavy atom. The number of carbonyl (C=O) groups is 1. The fourth-order valence-corrected chi connectivity index (χ4v) is 2.89. The summed E-state index contributed by atoms with van der Waals surface area (Å²) in [6.07, 6.45) is 3.87. The number of rotatable bonds is 4. The van der Waals surface area contributed by atoms with Crippen LogP contribution in [0.5, 0.6) is 11.5 Å². The number of para-hydroxylation sites is 1. The van der Waals surface area contributed by atoms with E-state index in [1.807, 2.05) is 18.2 Å². The van der Waals surface area contributed by atoms with Crippen LogP contribution >= 0.6 is 0 Å². The van der Waals surface area contributed by atoms with Crippen LogP contribution in [0.15, 0.2) is 18.2 Å². The maximum absolute atomic E-state index is 12.1. The number of carbonyl (C=O) groups excluding carboxylic acids is 1. The molecule has 2 heterocycles. The van der Waals surface area contributed by atoms with Gasteiger partial charge in [-0.15, -0.1) is 0 Å². The first kappa shape index (κ1) is 14.2. The number of fused-ring (bicyclic) bond motifs is 1. The molecule has 1 saturated heterocycles. The lowest BCUT2D eigenvalue weighted by atomic mass is 9.93. The maximum atomic E-state index is 12.1. The zero-order valence-electron chi connectivity index (χ0n) is 12.2. The normalized spacial score (nSPS) is 18.3. The van der Waals surface area contributed by atoms with Gasteiger partial charge in [0.15, 0.2) is 11.5 Å². The highest BCUT2D eigenvalue weighted by Gasteiger charge is 2.18. The molecule has 0 unspecified atom stereocenters. The molecule has 114 valence electrons. The van der Waals surface area contributed by atoms with Crippen LogP contribution in [0.25, 0.3) is 0 Å². The number of piperidine rings is 1. The summed E-state index contributed by atoms with van der Waals surface area (Å²) in [7, 11) is 0. The Kier molecular flexibility index (Phi) is 4.60. The number of ether oxygens (including phenoxy) is 2. The lowest BCUT2D eigenvalue weighted by Gasteiger charge is -2.23. The van der Waals surface area contributed by atoms with E-state index in [2.05, 4.69) is 10.6 Å². The van der Waals surface area contributed by atoms with Gasteiger partial charge in [0.05, 0.1) is 5.69 Å². The molecule has 0 aromatic heterocycles. The molecule has 0 aliphatic carbocycles. The van der Waals surface area contributed by atoms with E-state index >= 15 is 0 Å². The van der Waals surface area contributed by atoms with Crippen molar-refractivity contribution in [1.29, 1.82) is 0 Å². The van der Waals surface area contributed by atoms with E-state index in [1.165, 1.54) is 12.8 Å². The molecule has 1 aromatic carbocycles. The molecule has 2 aliphatic heterocycles. The number of hydrogen-bond acceptors (Lipinski definition) is 4. The highest BCUT2D eigenvalue weighted by molar-refractivity contribution is 5.92. The van der Waals surface area contributed by atoms with E-state index in [-0.39, 0.29) is 5.91 Å². The minimum atomic E-state index is 0.0520. The first-order valence-corrected chi connectivity index (χ1v) is 7.72. The highest BCUT2D eigenvalue weighted by Crippen LogP contribution is 2.37. The van der Waals surface area contributed by atoms with Crippen molar-refractivity contribution >= 4 is 11.6 Å². The maximum Gasteiger partial charge on any atom is 0.224 e. The molecular weight excluding hydrogens is 268 g/mol. The number of anilines is 1. The van der Waals surface area contributed by atoms with Crippen LogP contribution in [0.4, 0.5) is 5.69 Å². The van der Waals surface area contributed by atoms with Gasteiger partial charge in [0.2, 0.25) is 5.91 Å². The summed E-state index contributed by atoms with van der Waals surface area (Å²) in [5, 5.41) is 6.30. The van der Waals surface area contributed by atoms with Gasteiger partial charge >= 0.3 is 0 Å². The molecule has 0 spiro atoms. The predicted octanol–water partition coefficient (Wildman–Crippen LogP) is 2.18. The van der Waals surface area contributed by atoms with Crippen LogP contribution in [0.2, 0.25) is 0 Å². The van der Waals surface area contributed by atoms with Gasteiger partial charge in [-0.3, -0.25) is 4.79 Å². The van der Waals surface area contributed by atoms with Crippen molar-refractivity contribution in [2.45, 2.75) is 25.7 Å². The van der Waals surface area contributed by atoms with Gasteiger partial charge in [-0.1, -0.05) is 6.07 Å². The average Bonchev–Trinajstić information content (AvgIpc) is 2.54. The van der Waals surface area contributed by atoms with Crippen LogP contribution in [-0.4, -0.2) is 32.2 Å². The van der Waals surface area contributed by atoms with Crippen LogP contribution in [-0.2, 0) is 4.79 Å². The molecule has 1 aromatic rings. The van der Waals surface area contributed by atoms with Crippen LogP contribution in [0.3, 0.4) is 0 Å². The van der Waals surface area contributed by atoms with Crippen molar-refractivity contribution in [3.63, 3.8) is 0 Å². The molecule has 2 aliphatic rings. The van der Waals surface area contributed by atoms with E-state index in [4.69, 9.17) is 9.47 Å². The average molecular weight is 290 g/mol. The van der Waals surface area contributed by atoms with Gasteiger partial charge in [-0.25, -0.2) is 0 Å². The summed E-state index contributed by atoms with van der Waals surface area (Å²) in [5.74, 6) is 2.08. The van der Waals surface area contributed by atoms with E-state index in [0.29, 0.717) is 42.7 Å². The van der Waals surface area contributed by atoms with Crippen LogP contribution in [0, 0.1) is 5.92 Å². The molecule has 0 radical (unpaired) electrons. The Hall–Kier alpha value is -1.75. The van der Waals surface area contributed by atoms with Crippen LogP contribution in [0.1, 0.15) is 25.7 Å². The fraction of sp³-hybridized carbons (Fsp3) is 0.562. The number of benzene rings is 1. The second kappa shape index (κ2) is 6.80. The lowest BCUT2D eigenvalue weighted by molar-refractivity contribution is -0.116. The largest absolute Gasteiger partial charge is 0.486 e. The third-order valence-corrected chi connectivity index (χ3v) is 4.08. The Labute approximate surface area is 125 Å². The highest BCUT2D eigenvalue weighted by atomic mass is 16.6. The van der Waals surface area contributed by atoms with Gasteiger partial charge in [0.1, 0.15) is 13.2 Å². The van der Waals surface area contributed by atoms with Crippen molar-refractivity contribution < 1.29 is 14.3 Å². The summed E-state index contributed by atoms with van der Waals surface area (Å²) >= 11 is 0. The molecular formula is C16H22N2O3. The molecule has 2 N–H and O–H groups in total. The summed E-state index contributed by atoms with van der Waals surface area (Å²) in [6, 6.07) is 5.59. The minimum Gasteiger partial charge on any atom is -0.486 e. The summed E-state index contributed by atoms with van der Waals surface area (Å²) < 4.78 is 11.1. The molecule has 3 rings (SSSR count). The second-order valence-electron chi connectivity index (χ2n) is 5.61. The lowest BCUT2D eigenvalue weighted by Crippen LogP contribution is -2.28. The zero-order valence-corrected chi connectivity index (χ0v) is 12.2. The van der Waals surface area contributed by atoms with E-state index < -0.39 is 0 Å². The zero-order chi connectivity index (χ0) is 14.5. The van der Waals surface area contributed by atoms with E-state index in [0.717, 1.165) is 19.5 Å². The third kappa shape index (κ3) is 3.67. The predicted molar refractivity (Wildman–Crippen MR) is 80.9 cm³/mol. The molecule has 0 atom stereocenters. The summed E-state index contributed by atoms with van der Waals surface area (Å²) in [6.45, 7) is 3.22. The molecule has 21 heavy (non-hydrogen) atoms. The molecule has 0 bridgehead atoms. The van der Waals surface area contributed by atoms with Gasteiger partial charge < -0.3 is 20.1 Å². The van der Waals surface area contributed by atoms with Gasteiger partial charge in [-0.05, 0) is 50.4 Å². The van der Waals surface area contributed by atoms with Crippen molar-refractivity contribution in [3.8, 4) is 11.5 Å². The van der Waals surface area contributed by atoms with E-state index in [1.54, 1.807) is 0 Å². The second-order valence-corrected chi connectivity index (χ2v) is 5.61. The number of amides is 1. The number of hydrogen-bond donors (Lipinski definition) is 2. The summed E-state index contributed by atoms with van der Waals surface area (Å²) in [4.78, 5) is 12.1. The Bertz CT molecular complexity index is 498. The first-order valence-electron chi connectivity index (χ1n) is 7.72. The Balaban J connectivity index is 1.55.